The first-order valence-electron chi connectivity index (χ1n) is 11.4. The Labute approximate surface area is 205 Å². The number of hydrogen-bond acceptors (Lipinski definition) is 2. The van der Waals surface area contributed by atoms with Crippen molar-refractivity contribution in [3.05, 3.63) is 99.5 Å². The Bertz CT molecular complexity index is 1180. The van der Waals surface area contributed by atoms with Crippen LogP contribution in [0.3, 0.4) is 0 Å². The van der Waals surface area contributed by atoms with Gasteiger partial charge in [0.25, 0.3) is 5.91 Å². The molecule has 33 heavy (non-hydrogen) atoms. The Morgan fingerprint density at radius 2 is 1.55 bits per heavy atom. The second-order valence-electron chi connectivity index (χ2n) is 8.70. The van der Waals surface area contributed by atoms with Crippen LogP contribution >= 0.6 is 23.2 Å². The molecule has 1 fully saturated rings. The Morgan fingerprint density at radius 3 is 2.27 bits per heavy atom. The standard InChI is InChI=1S/C28H26Cl2N2O/c29-26-10-5-11-27(30)25(26)18-32(22-12-13-22)28(33)24-17-31-15-14-23(24)21-9-4-8-20(16-21)19-6-2-1-3-7-19/h1-11,16,22,31H,12-15,17-18H2. The molecule has 5 heteroatoms. The van der Waals surface area contributed by atoms with Gasteiger partial charge in [0.05, 0.1) is 0 Å². The minimum atomic E-state index is 0.0841. The van der Waals surface area contributed by atoms with Crippen LogP contribution in [-0.4, -0.2) is 29.9 Å². The normalized spacial score (nSPS) is 16.1. The molecule has 2 aliphatic rings. The average Bonchev–Trinajstić information content (AvgIpc) is 3.70. The van der Waals surface area contributed by atoms with Gasteiger partial charge in [0.1, 0.15) is 0 Å². The number of carbonyl (C=O) groups is 1. The van der Waals surface area contributed by atoms with Crippen molar-refractivity contribution in [3.63, 3.8) is 0 Å². The number of benzene rings is 3. The van der Waals surface area contributed by atoms with Gasteiger partial charge in [-0.3, -0.25) is 4.79 Å². The summed E-state index contributed by atoms with van der Waals surface area (Å²) in [5, 5.41) is 4.61. The molecule has 1 saturated carbocycles. The molecule has 0 atom stereocenters. The highest BCUT2D eigenvalue weighted by Gasteiger charge is 2.36. The van der Waals surface area contributed by atoms with Crippen molar-refractivity contribution in [1.82, 2.24) is 10.2 Å². The van der Waals surface area contributed by atoms with E-state index < -0.39 is 0 Å². The van der Waals surface area contributed by atoms with Crippen molar-refractivity contribution in [2.75, 3.05) is 13.1 Å². The number of nitrogens with one attached hydrogen (secondary N) is 1. The largest absolute Gasteiger partial charge is 0.331 e. The summed E-state index contributed by atoms with van der Waals surface area (Å²) in [5.41, 5.74) is 6.25. The predicted octanol–water partition coefficient (Wildman–Crippen LogP) is 6.60. The van der Waals surface area contributed by atoms with E-state index in [1.807, 2.05) is 41.3 Å². The van der Waals surface area contributed by atoms with Crippen LogP contribution in [0.1, 0.15) is 30.4 Å². The molecule has 1 N–H and O–H groups in total. The summed E-state index contributed by atoms with van der Waals surface area (Å²) in [7, 11) is 0. The third-order valence-corrected chi connectivity index (χ3v) is 7.14. The van der Waals surface area contributed by atoms with E-state index in [9.17, 15) is 4.79 Å². The molecule has 0 unspecified atom stereocenters. The van der Waals surface area contributed by atoms with Gasteiger partial charge in [-0.25, -0.2) is 0 Å². The van der Waals surface area contributed by atoms with E-state index >= 15 is 0 Å². The molecule has 1 heterocycles. The number of rotatable bonds is 6. The first-order valence-corrected chi connectivity index (χ1v) is 12.2. The summed E-state index contributed by atoms with van der Waals surface area (Å²) < 4.78 is 0. The number of amides is 1. The third kappa shape index (κ3) is 4.86. The predicted molar refractivity (Wildman–Crippen MR) is 136 cm³/mol. The molecule has 3 aromatic carbocycles. The van der Waals surface area contributed by atoms with Gasteiger partial charge in [0, 0.05) is 40.3 Å². The van der Waals surface area contributed by atoms with Gasteiger partial charge in [-0.05, 0) is 66.3 Å². The van der Waals surface area contributed by atoms with Crippen LogP contribution in [0.15, 0.2) is 78.4 Å². The zero-order valence-electron chi connectivity index (χ0n) is 18.4. The van der Waals surface area contributed by atoms with Gasteiger partial charge < -0.3 is 10.2 Å². The zero-order chi connectivity index (χ0) is 22.8. The lowest BCUT2D eigenvalue weighted by molar-refractivity contribution is -0.128. The van der Waals surface area contributed by atoms with Crippen molar-refractivity contribution < 1.29 is 4.79 Å². The maximum absolute atomic E-state index is 13.9. The molecule has 1 amide bonds. The fourth-order valence-electron chi connectivity index (χ4n) is 4.50. The highest BCUT2D eigenvalue weighted by atomic mass is 35.5. The van der Waals surface area contributed by atoms with E-state index in [2.05, 4.69) is 41.7 Å². The molecule has 5 rings (SSSR count). The topological polar surface area (TPSA) is 32.3 Å². The van der Waals surface area contributed by atoms with Gasteiger partial charge >= 0.3 is 0 Å². The van der Waals surface area contributed by atoms with Crippen molar-refractivity contribution in [2.24, 2.45) is 0 Å². The quantitative estimate of drug-likeness (QED) is 0.434. The maximum atomic E-state index is 13.9. The van der Waals surface area contributed by atoms with E-state index in [0.717, 1.165) is 53.6 Å². The number of hydrogen-bond donors (Lipinski definition) is 1. The molecule has 168 valence electrons. The Balaban J connectivity index is 1.50. The van der Waals surface area contributed by atoms with Crippen molar-refractivity contribution >= 4 is 34.7 Å². The van der Waals surface area contributed by atoms with Crippen LogP contribution < -0.4 is 5.32 Å². The van der Waals surface area contributed by atoms with Crippen LogP contribution in [0.5, 0.6) is 0 Å². The molecular formula is C28H26Cl2N2O. The van der Waals surface area contributed by atoms with E-state index in [-0.39, 0.29) is 11.9 Å². The Morgan fingerprint density at radius 1 is 0.879 bits per heavy atom. The SMILES string of the molecule is O=C(C1=C(c2cccc(-c3ccccc3)c2)CCNC1)N(Cc1c(Cl)cccc1Cl)C1CC1. The molecular weight excluding hydrogens is 451 g/mol. The third-order valence-electron chi connectivity index (χ3n) is 6.43. The van der Waals surface area contributed by atoms with Crippen molar-refractivity contribution in [2.45, 2.75) is 31.8 Å². The van der Waals surface area contributed by atoms with Crippen LogP contribution in [0.2, 0.25) is 10.0 Å². The second-order valence-corrected chi connectivity index (χ2v) is 9.51. The lowest BCUT2D eigenvalue weighted by Gasteiger charge is -2.29. The molecule has 0 saturated heterocycles. The minimum absolute atomic E-state index is 0.0841. The molecule has 3 nitrogen and oxygen atoms in total. The van der Waals surface area contributed by atoms with E-state index in [4.69, 9.17) is 23.2 Å². The van der Waals surface area contributed by atoms with Crippen LogP contribution in [0.4, 0.5) is 0 Å². The van der Waals surface area contributed by atoms with Crippen molar-refractivity contribution in [3.8, 4) is 11.1 Å². The minimum Gasteiger partial charge on any atom is -0.331 e. The Hall–Kier alpha value is -2.59. The molecule has 0 bridgehead atoms. The first kappa shape index (κ1) is 22.2. The smallest absolute Gasteiger partial charge is 0.251 e. The lowest BCUT2D eigenvalue weighted by atomic mass is 9.91. The van der Waals surface area contributed by atoms with Gasteiger partial charge in [-0.15, -0.1) is 0 Å². The first-order chi connectivity index (χ1) is 16.1. The van der Waals surface area contributed by atoms with Gasteiger partial charge in [0.15, 0.2) is 0 Å². The molecule has 0 radical (unpaired) electrons. The summed E-state index contributed by atoms with van der Waals surface area (Å²) in [6.45, 7) is 1.87. The fourth-order valence-corrected chi connectivity index (χ4v) is 5.02. The highest BCUT2D eigenvalue weighted by molar-refractivity contribution is 6.36. The van der Waals surface area contributed by atoms with Gasteiger partial charge in [-0.1, -0.05) is 77.8 Å². The zero-order valence-corrected chi connectivity index (χ0v) is 19.9. The Kier molecular flexibility index (Phi) is 6.55. The van der Waals surface area contributed by atoms with Gasteiger partial charge in [-0.2, -0.15) is 0 Å². The average molecular weight is 477 g/mol. The highest BCUT2D eigenvalue weighted by Crippen LogP contribution is 2.36. The molecule has 3 aromatic rings. The maximum Gasteiger partial charge on any atom is 0.251 e. The van der Waals surface area contributed by atoms with E-state index in [1.165, 1.54) is 5.56 Å². The number of nitrogens with zero attached hydrogens (tertiary/aromatic N) is 1. The summed E-state index contributed by atoms with van der Waals surface area (Å²) in [6, 6.07) is 24.6. The van der Waals surface area contributed by atoms with Crippen LogP contribution in [-0.2, 0) is 11.3 Å². The lowest BCUT2D eigenvalue weighted by Crippen LogP contribution is -2.39. The molecule has 0 spiro atoms. The number of halogens is 2. The summed E-state index contributed by atoms with van der Waals surface area (Å²) >= 11 is 12.9. The van der Waals surface area contributed by atoms with E-state index in [1.54, 1.807) is 0 Å². The molecule has 1 aliphatic heterocycles. The summed E-state index contributed by atoms with van der Waals surface area (Å²) in [5.74, 6) is 0.0841. The molecule has 1 aliphatic carbocycles. The summed E-state index contributed by atoms with van der Waals surface area (Å²) in [4.78, 5) is 15.9. The summed E-state index contributed by atoms with van der Waals surface area (Å²) in [6.07, 6.45) is 2.87. The monoisotopic (exact) mass is 476 g/mol. The van der Waals surface area contributed by atoms with Crippen LogP contribution in [0.25, 0.3) is 16.7 Å². The number of carbonyl (C=O) groups excluding carboxylic acids is 1. The fraction of sp³-hybridized carbons (Fsp3) is 0.250. The van der Waals surface area contributed by atoms with Crippen molar-refractivity contribution in [1.29, 1.82) is 0 Å². The molecule has 0 aromatic heterocycles. The van der Waals surface area contributed by atoms with Gasteiger partial charge in [0.2, 0.25) is 0 Å². The van der Waals surface area contributed by atoms with E-state index in [0.29, 0.717) is 23.1 Å². The second kappa shape index (κ2) is 9.72. The van der Waals surface area contributed by atoms with Crippen LogP contribution in [0, 0.1) is 0 Å².